The molecule has 2 aromatic carbocycles. The molecule has 0 spiro atoms. The van der Waals surface area contributed by atoms with E-state index in [-0.39, 0.29) is 12.5 Å². The van der Waals surface area contributed by atoms with Crippen LogP contribution < -0.4 is 14.8 Å². The molecule has 138 valence electrons. The minimum absolute atomic E-state index is 0.0713. The van der Waals surface area contributed by atoms with Crippen molar-refractivity contribution in [1.29, 1.82) is 0 Å². The lowest BCUT2D eigenvalue weighted by Gasteiger charge is -2.15. The molecule has 0 aliphatic carbocycles. The van der Waals surface area contributed by atoms with Gasteiger partial charge in [0, 0.05) is 21.7 Å². The summed E-state index contributed by atoms with van der Waals surface area (Å²) in [6.45, 7) is 1.88. The first-order valence-corrected chi connectivity index (χ1v) is 11.1. The second-order valence-electron chi connectivity index (χ2n) is 5.78. The van der Waals surface area contributed by atoms with Gasteiger partial charge in [-0.2, -0.15) is 0 Å². The van der Waals surface area contributed by atoms with E-state index in [1.807, 2.05) is 66.8 Å². The number of hydrogen-bond donors (Lipinski definition) is 1. The summed E-state index contributed by atoms with van der Waals surface area (Å²) >= 11 is 7.30. The van der Waals surface area contributed by atoms with E-state index in [4.69, 9.17) is 9.47 Å². The van der Waals surface area contributed by atoms with Crippen LogP contribution in [0.3, 0.4) is 0 Å². The number of anilines is 1. The fourth-order valence-corrected chi connectivity index (χ4v) is 5.91. The summed E-state index contributed by atoms with van der Waals surface area (Å²) in [5.74, 6) is 3.37. The van der Waals surface area contributed by atoms with Gasteiger partial charge in [-0.3, -0.25) is 4.79 Å². The SMILES string of the molecule is COc1cc(C2SCCS2)ccc1OCC(=O)Nc1ccc(Br)cc1C. The van der Waals surface area contributed by atoms with Crippen LogP contribution >= 0.6 is 39.5 Å². The highest BCUT2D eigenvalue weighted by atomic mass is 79.9. The highest BCUT2D eigenvalue weighted by Crippen LogP contribution is 2.46. The topological polar surface area (TPSA) is 47.6 Å². The van der Waals surface area contributed by atoms with Gasteiger partial charge in [-0.15, -0.1) is 23.5 Å². The van der Waals surface area contributed by atoms with Gasteiger partial charge in [0.15, 0.2) is 18.1 Å². The third kappa shape index (κ3) is 4.90. The number of amides is 1. The first-order chi connectivity index (χ1) is 12.6. The summed E-state index contributed by atoms with van der Waals surface area (Å²) < 4.78 is 12.6. The predicted molar refractivity (Wildman–Crippen MR) is 114 cm³/mol. The average Bonchev–Trinajstić information content (AvgIpc) is 3.17. The van der Waals surface area contributed by atoms with Gasteiger partial charge >= 0.3 is 0 Å². The molecule has 0 aromatic heterocycles. The van der Waals surface area contributed by atoms with E-state index in [1.165, 1.54) is 17.1 Å². The molecule has 3 rings (SSSR count). The number of ether oxygens (including phenoxy) is 2. The predicted octanol–water partition coefficient (Wildman–Crippen LogP) is 5.26. The first kappa shape index (κ1) is 19.5. The van der Waals surface area contributed by atoms with Crippen molar-refractivity contribution < 1.29 is 14.3 Å². The zero-order valence-corrected chi connectivity index (χ0v) is 17.8. The Hall–Kier alpha value is -1.31. The van der Waals surface area contributed by atoms with E-state index in [0.717, 1.165) is 15.7 Å². The van der Waals surface area contributed by atoms with Crippen molar-refractivity contribution in [1.82, 2.24) is 0 Å². The van der Waals surface area contributed by atoms with E-state index in [2.05, 4.69) is 21.2 Å². The molecule has 0 radical (unpaired) electrons. The minimum atomic E-state index is -0.205. The summed E-state index contributed by atoms with van der Waals surface area (Å²) in [5.41, 5.74) is 2.98. The van der Waals surface area contributed by atoms with Crippen molar-refractivity contribution in [3.05, 3.63) is 52.0 Å². The highest BCUT2D eigenvalue weighted by Gasteiger charge is 2.20. The smallest absolute Gasteiger partial charge is 0.262 e. The van der Waals surface area contributed by atoms with Crippen LogP contribution in [0.5, 0.6) is 11.5 Å². The number of aryl methyl sites for hydroxylation is 1. The number of benzene rings is 2. The van der Waals surface area contributed by atoms with Crippen LogP contribution in [0.25, 0.3) is 0 Å². The molecule has 0 unspecified atom stereocenters. The van der Waals surface area contributed by atoms with Crippen molar-refractivity contribution in [2.24, 2.45) is 0 Å². The Bertz CT molecular complexity index is 794. The largest absolute Gasteiger partial charge is 0.493 e. The Morgan fingerprint density at radius 1 is 1.19 bits per heavy atom. The van der Waals surface area contributed by atoms with E-state index >= 15 is 0 Å². The van der Waals surface area contributed by atoms with Crippen molar-refractivity contribution in [3.63, 3.8) is 0 Å². The van der Waals surface area contributed by atoms with E-state index in [1.54, 1.807) is 7.11 Å². The maximum atomic E-state index is 12.2. The zero-order valence-electron chi connectivity index (χ0n) is 14.6. The number of rotatable bonds is 6. The van der Waals surface area contributed by atoms with Crippen LogP contribution in [-0.4, -0.2) is 31.1 Å². The number of hydrogen-bond acceptors (Lipinski definition) is 5. The lowest BCUT2D eigenvalue weighted by Crippen LogP contribution is -2.20. The van der Waals surface area contributed by atoms with Crippen molar-refractivity contribution >= 4 is 51.0 Å². The van der Waals surface area contributed by atoms with Gasteiger partial charge in [-0.05, 0) is 48.4 Å². The zero-order chi connectivity index (χ0) is 18.5. The Morgan fingerprint density at radius 2 is 1.96 bits per heavy atom. The summed E-state index contributed by atoms with van der Waals surface area (Å²) in [7, 11) is 1.62. The maximum Gasteiger partial charge on any atom is 0.262 e. The van der Waals surface area contributed by atoms with Gasteiger partial charge in [-0.1, -0.05) is 22.0 Å². The number of thioether (sulfide) groups is 2. The number of methoxy groups -OCH3 is 1. The molecule has 2 aromatic rings. The highest BCUT2D eigenvalue weighted by molar-refractivity contribution is 9.10. The third-order valence-electron chi connectivity index (χ3n) is 3.90. The second-order valence-corrected chi connectivity index (χ2v) is 9.42. The van der Waals surface area contributed by atoms with Crippen molar-refractivity contribution in [3.8, 4) is 11.5 Å². The van der Waals surface area contributed by atoms with Crippen molar-refractivity contribution in [2.45, 2.75) is 11.5 Å². The average molecular weight is 454 g/mol. The number of halogens is 1. The standard InChI is InChI=1S/C19H20BrNO3S2/c1-12-9-14(20)4-5-15(12)21-18(22)11-24-16-6-3-13(10-17(16)23-2)19-25-7-8-26-19/h3-6,9-10,19H,7-8,11H2,1-2H3,(H,21,22). The summed E-state index contributed by atoms with van der Waals surface area (Å²) in [6, 6.07) is 11.6. The molecule has 0 saturated carbocycles. The van der Waals surface area contributed by atoms with Gasteiger partial charge in [0.2, 0.25) is 0 Å². The molecule has 4 nitrogen and oxygen atoms in total. The van der Waals surface area contributed by atoms with Gasteiger partial charge < -0.3 is 14.8 Å². The van der Waals surface area contributed by atoms with Crippen LogP contribution in [0.15, 0.2) is 40.9 Å². The van der Waals surface area contributed by atoms with Gasteiger partial charge in [0.25, 0.3) is 5.91 Å². The molecule has 0 atom stereocenters. The molecular weight excluding hydrogens is 434 g/mol. The van der Waals surface area contributed by atoms with Crippen LogP contribution in [0.4, 0.5) is 5.69 Å². The molecule has 7 heteroatoms. The number of carbonyl (C=O) groups excluding carboxylic acids is 1. The molecule has 1 aliphatic heterocycles. The molecule has 0 bridgehead atoms. The fraction of sp³-hybridized carbons (Fsp3) is 0.316. The Morgan fingerprint density at radius 3 is 2.65 bits per heavy atom. The maximum absolute atomic E-state index is 12.2. The third-order valence-corrected chi connectivity index (χ3v) is 7.50. The normalized spacial score (nSPS) is 14.3. The van der Waals surface area contributed by atoms with Gasteiger partial charge in [0.05, 0.1) is 11.7 Å². The summed E-state index contributed by atoms with van der Waals surface area (Å²) in [4.78, 5) is 12.2. The minimum Gasteiger partial charge on any atom is -0.493 e. The van der Waals surface area contributed by atoms with E-state index < -0.39 is 0 Å². The molecule has 26 heavy (non-hydrogen) atoms. The molecule has 1 saturated heterocycles. The summed E-state index contributed by atoms with van der Waals surface area (Å²) in [5, 5.41) is 2.87. The molecule has 1 amide bonds. The first-order valence-electron chi connectivity index (χ1n) is 8.17. The van der Waals surface area contributed by atoms with Crippen LogP contribution in [0, 0.1) is 6.92 Å². The number of nitrogens with one attached hydrogen (secondary N) is 1. The van der Waals surface area contributed by atoms with Crippen molar-refractivity contribution in [2.75, 3.05) is 30.5 Å². The Kier molecular flexibility index (Phi) is 6.78. The second kappa shape index (κ2) is 9.06. The Balaban J connectivity index is 1.62. The number of carbonyl (C=O) groups is 1. The lowest BCUT2D eigenvalue weighted by atomic mass is 10.2. The molecule has 1 fully saturated rings. The van der Waals surface area contributed by atoms with Gasteiger partial charge in [-0.25, -0.2) is 0 Å². The quantitative estimate of drug-likeness (QED) is 0.645. The molecular formula is C19H20BrNO3S2. The lowest BCUT2D eigenvalue weighted by molar-refractivity contribution is -0.118. The van der Waals surface area contributed by atoms with Gasteiger partial charge in [0.1, 0.15) is 0 Å². The van der Waals surface area contributed by atoms with Crippen LogP contribution in [0.2, 0.25) is 0 Å². The summed E-state index contributed by atoms with van der Waals surface area (Å²) in [6.07, 6.45) is 0. The molecule has 1 heterocycles. The fourth-order valence-electron chi connectivity index (χ4n) is 2.60. The monoisotopic (exact) mass is 453 g/mol. The molecule has 1 N–H and O–H groups in total. The van der Waals surface area contributed by atoms with Crippen LogP contribution in [-0.2, 0) is 4.79 Å². The van der Waals surface area contributed by atoms with E-state index in [9.17, 15) is 4.79 Å². The Labute approximate surface area is 170 Å². The molecule has 1 aliphatic rings. The van der Waals surface area contributed by atoms with Crippen LogP contribution in [0.1, 0.15) is 15.7 Å². The van der Waals surface area contributed by atoms with E-state index in [0.29, 0.717) is 16.1 Å².